The molecule has 1 atom stereocenters. The third-order valence-corrected chi connectivity index (χ3v) is 2.91. The van der Waals surface area contributed by atoms with Gasteiger partial charge < -0.3 is 4.74 Å². The first kappa shape index (κ1) is 10.0. The number of carbonyl (C=O) groups excluding carboxylic acids is 1. The number of benzene rings is 1. The highest BCUT2D eigenvalue weighted by Gasteiger charge is 2.32. The average molecular weight is 205 g/mol. The number of fused-ring (bicyclic) bond motifs is 1. The summed E-state index contributed by atoms with van der Waals surface area (Å²) in [5.74, 6) is 0. The van der Waals surface area contributed by atoms with E-state index in [0.717, 1.165) is 18.5 Å². The SMILES string of the molecule is CC[C@@H]1Cc2ccccc2N1C(=O)OC. The molecule has 1 heterocycles. The van der Waals surface area contributed by atoms with Gasteiger partial charge in [-0.2, -0.15) is 0 Å². The van der Waals surface area contributed by atoms with Crippen molar-refractivity contribution in [2.24, 2.45) is 0 Å². The number of methoxy groups -OCH3 is 1. The zero-order valence-electron chi connectivity index (χ0n) is 9.06. The second-order valence-electron chi connectivity index (χ2n) is 3.73. The molecule has 2 rings (SSSR count). The fraction of sp³-hybridized carbons (Fsp3) is 0.417. The van der Waals surface area contributed by atoms with Crippen LogP contribution >= 0.6 is 0 Å². The van der Waals surface area contributed by atoms with E-state index in [4.69, 9.17) is 4.74 Å². The van der Waals surface area contributed by atoms with Gasteiger partial charge in [0.15, 0.2) is 0 Å². The van der Waals surface area contributed by atoms with Crippen LogP contribution in [0.3, 0.4) is 0 Å². The number of carbonyl (C=O) groups is 1. The molecule has 0 saturated heterocycles. The van der Waals surface area contributed by atoms with E-state index < -0.39 is 0 Å². The second-order valence-corrected chi connectivity index (χ2v) is 3.73. The number of ether oxygens (including phenoxy) is 1. The van der Waals surface area contributed by atoms with Gasteiger partial charge in [-0.25, -0.2) is 4.79 Å². The minimum Gasteiger partial charge on any atom is -0.452 e. The van der Waals surface area contributed by atoms with Crippen LogP contribution in [0, 0.1) is 0 Å². The first-order chi connectivity index (χ1) is 7.27. The maximum atomic E-state index is 11.6. The molecule has 0 bridgehead atoms. The van der Waals surface area contributed by atoms with Gasteiger partial charge in [0.25, 0.3) is 0 Å². The van der Waals surface area contributed by atoms with E-state index in [-0.39, 0.29) is 12.1 Å². The minimum absolute atomic E-state index is 0.245. The molecule has 0 radical (unpaired) electrons. The molecule has 1 aromatic rings. The number of anilines is 1. The Labute approximate surface area is 89.7 Å². The summed E-state index contributed by atoms with van der Waals surface area (Å²) in [6, 6.07) is 8.25. The van der Waals surface area contributed by atoms with E-state index in [2.05, 4.69) is 13.0 Å². The van der Waals surface area contributed by atoms with Crippen LogP contribution in [-0.2, 0) is 11.2 Å². The molecule has 0 unspecified atom stereocenters. The molecule has 1 aromatic carbocycles. The largest absolute Gasteiger partial charge is 0.452 e. The number of para-hydroxylation sites is 1. The van der Waals surface area contributed by atoms with Crippen molar-refractivity contribution in [3.63, 3.8) is 0 Å². The lowest BCUT2D eigenvalue weighted by molar-refractivity contribution is 0.176. The standard InChI is InChI=1S/C12H15NO2/c1-3-10-8-9-6-4-5-7-11(9)13(10)12(14)15-2/h4-7,10H,3,8H2,1-2H3/t10-/m1/s1. The Morgan fingerprint density at radius 2 is 2.27 bits per heavy atom. The Balaban J connectivity index is 2.38. The molecule has 0 fully saturated rings. The van der Waals surface area contributed by atoms with E-state index in [1.165, 1.54) is 12.7 Å². The molecule has 0 spiro atoms. The molecular weight excluding hydrogens is 190 g/mol. The maximum Gasteiger partial charge on any atom is 0.414 e. The van der Waals surface area contributed by atoms with Crippen molar-refractivity contribution in [2.45, 2.75) is 25.8 Å². The monoisotopic (exact) mass is 205 g/mol. The van der Waals surface area contributed by atoms with Crippen LogP contribution in [0.2, 0.25) is 0 Å². The van der Waals surface area contributed by atoms with Crippen molar-refractivity contribution in [3.05, 3.63) is 29.8 Å². The smallest absolute Gasteiger partial charge is 0.414 e. The van der Waals surface area contributed by atoms with Gasteiger partial charge in [0.1, 0.15) is 0 Å². The van der Waals surface area contributed by atoms with Gasteiger partial charge in [-0.15, -0.1) is 0 Å². The number of amides is 1. The Kier molecular flexibility index (Phi) is 2.62. The van der Waals surface area contributed by atoms with Crippen molar-refractivity contribution in [2.75, 3.05) is 12.0 Å². The molecule has 1 amide bonds. The molecule has 15 heavy (non-hydrogen) atoms. The molecule has 0 N–H and O–H groups in total. The van der Waals surface area contributed by atoms with Crippen molar-refractivity contribution in [1.82, 2.24) is 0 Å². The third kappa shape index (κ3) is 1.58. The third-order valence-electron chi connectivity index (χ3n) is 2.91. The molecule has 1 aliphatic heterocycles. The van der Waals surface area contributed by atoms with Crippen LogP contribution in [0.1, 0.15) is 18.9 Å². The second kappa shape index (κ2) is 3.93. The van der Waals surface area contributed by atoms with E-state index in [1.54, 1.807) is 4.90 Å². The molecule has 0 saturated carbocycles. The van der Waals surface area contributed by atoms with Crippen LogP contribution in [0.4, 0.5) is 10.5 Å². The van der Waals surface area contributed by atoms with Crippen molar-refractivity contribution in [1.29, 1.82) is 0 Å². The normalized spacial score (nSPS) is 18.8. The zero-order valence-corrected chi connectivity index (χ0v) is 9.06. The van der Waals surface area contributed by atoms with E-state index in [9.17, 15) is 4.79 Å². The minimum atomic E-state index is -0.258. The Hall–Kier alpha value is -1.51. The maximum absolute atomic E-state index is 11.6. The number of nitrogens with zero attached hydrogens (tertiary/aromatic N) is 1. The fourth-order valence-electron chi connectivity index (χ4n) is 2.13. The quantitative estimate of drug-likeness (QED) is 0.705. The Bertz CT molecular complexity index is 376. The van der Waals surface area contributed by atoms with E-state index >= 15 is 0 Å². The molecule has 3 nitrogen and oxygen atoms in total. The summed E-state index contributed by atoms with van der Waals surface area (Å²) >= 11 is 0. The summed E-state index contributed by atoms with van der Waals surface area (Å²) in [5, 5.41) is 0. The Morgan fingerprint density at radius 3 is 2.93 bits per heavy atom. The van der Waals surface area contributed by atoms with Gasteiger partial charge in [0.2, 0.25) is 0 Å². The molecule has 0 aromatic heterocycles. The van der Waals surface area contributed by atoms with E-state index in [1.807, 2.05) is 18.2 Å². The first-order valence-electron chi connectivity index (χ1n) is 5.23. The van der Waals surface area contributed by atoms with Gasteiger partial charge >= 0.3 is 6.09 Å². The highest BCUT2D eigenvalue weighted by molar-refractivity contribution is 5.91. The van der Waals surface area contributed by atoms with Crippen molar-refractivity contribution < 1.29 is 9.53 Å². The van der Waals surface area contributed by atoms with Crippen LogP contribution in [0.5, 0.6) is 0 Å². The van der Waals surface area contributed by atoms with Crippen molar-refractivity contribution >= 4 is 11.8 Å². The van der Waals surface area contributed by atoms with Gasteiger partial charge in [0.05, 0.1) is 12.8 Å². The molecule has 3 heteroatoms. The zero-order chi connectivity index (χ0) is 10.8. The van der Waals surface area contributed by atoms with Crippen LogP contribution < -0.4 is 4.90 Å². The van der Waals surface area contributed by atoms with Gasteiger partial charge in [-0.1, -0.05) is 25.1 Å². The number of hydrogen-bond acceptors (Lipinski definition) is 2. The fourth-order valence-corrected chi connectivity index (χ4v) is 2.13. The number of rotatable bonds is 1. The van der Waals surface area contributed by atoms with Crippen molar-refractivity contribution in [3.8, 4) is 0 Å². The first-order valence-corrected chi connectivity index (χ1v) is 5.23. The van der Waals surface area contributed by atoms with Crippen LogP contribution in [0.25, 0.3) is 0 Å². The number of hydrogen-bond donors (Lipinski definition) is 0. The summed E-state index contributed by atoms with van der Waals surface area (Å²) in [7, 11) is 1.43. The van der Waals surface area contributed by atoms with Gasteiger partial charge in [-0.3, -0.25) is 4.90 Å². The molecule has 1 aliphatic rings. The summed E-state index contributed by atoms with van der Waals surface area (Å²) in [5.41, 5.74) is 2.23. The predicted octanol–water partition coefficient (Wildman–Crippen LogP) is 2.59. The Morgan fingerprint density at radius 1 is 1.53 bits per heavy atom. The van der Waals surface area contributed by atoms with Crippen LogP contribution in [-0.4, -0.2) is 19.2 Å². The lowest BCUT2D eigenvalue weighted by Gasteiger charge is -2.22. The van der Waals surface area contributed by atoms with E-state index in [0.29, 0.717) is 0 Å². The highest BCUT2D eigenvalue weighted by Crippen LogP contribution is 2.33. The summed E-state index contributed by atoms with van der Waals surface area (Å²) in [6.45, 7) is 2.09. The molecule has 0 aliphatic carbocycles. The van der Waals surface area contributed by atoms with Gasteiger partial charge in [0, 0.05) is 6.04 Å². The lowest BCUT2D eigenvalue weighted by Crippen LogP contribution is -2.37. The summed E-state index contributed by atoms with van der Waals surface area (Å²) in [6.07, 6.45) is 1.62. The highest BCUT2D eigenvalue weighted by atomic mass is 16.5. The summed E-state index contributed by atoms with van der Waals surface area (Å²) < 4.78 is 4.81. The summed E-state index contributed by atoms with van der Waals surface area (Å²) in [4.78, 5) is 13.4. The topological polar surface area (TPSA) is 29.5 Å². The van der Waals surface area contributed by atoms with Crippen LogP contribution in [0.15, 0.2) is 24.3 Å². The molecular formula is C12H15NO2. The average Bonchev–Trinajstić information content (AvgIpc) is 2.66. The predicted molar refractivity (Wildman–Crippen MR) is 59.1 cm³/mol. The van der Waals surface area contributed by atoms with Gasteiger partial charge in [-0.05, 0) is 24.5 Å². The molecule has 80 valence electrons. The lowest BCUT2D eigenvalue weighted by atomic mass is 10.1.